The zero-order chi connectivity index (χ0) is 20.4. The van der Waals surface area contributed by atoms with Crippen LogP contribution in [0.5, 0.6) is 0 Å². The summed E-state index contributed by atoms with van der Waals surface area (Å²) in [6.45, 7) is 12.5. The second kappa shape index (κ2) is 6.65. The second-order valence-electron chi connectivity index (χ2n) is 9.32. The molecule has 0 bridgehead atoms. The van der Waals surface area contributed by atoms with E-state index in [0.717, 1.165) is 6.42 Å². The number of ether oxygens (including phenoxy) is 4. The van der Waals surface area contributed by atoms with E-state index < -0.39 is 23.8 Å². The Bertz CT molecular complexity index is 665. The summed E-state index contributed by atoms with van der Waals surface area (Å²) in [4.78, 5) is 29.4. The average Bonchev–Trinajstić information content (AvgIpc) is 3.25. The first kappa shape index (κ1) is 20.1. The third-order valence-electron chi connectivity index (χ3n) is 6.23. The number of fused-ring (bicyclic) bond motifs is 2. The van der Waals surface area contributed by atoms with Gasteiger partial charge in [0.15, 0.2) is 23.8 Å². The Hall–Kier alpha value is -1.22. The number of carbonyl (C=O) groups is 2. The van der Waals surface area contributed by atoms with Crippen LogP contribution in [0.25, 0.3) is 0 Å². The predicted molar refractivity (Wildman–Crippen MR) is 99.2 cm³/mol. The monoisotopic (exact) mass is 396 g/mol. The first-order chi connectivity index (χ1) is 13.0. The molecule has 158 valence electrons. The molecule has 28 heavy (non-hydrogen) atoms. The third kappa shape index (κ3) is 3.34. The van der Waals surface area contributed by atoms with Crippen LogP contribution in [0.1, 0.15) is 54.4 Å². The molecule has 4 aliphatic heterocycles. The molecule has 4 aliphatic rings. The average molecular weight is 396 g/mol. The fourth-order valence-electron chi connectivity index (χ4n) is 5.01. The lowest BCUT2D eigenvalue weighted by Gasteiger charge is -2.34. The second-order valence-corrected chi connectivity index (χ2v) is 9.32. The first-order valence-corrected chi connectivity index (χ1v) is 10.3. The van der Waals surface area contributed by atoms with Crippen LogP contribution in [-0.2, 0) is 28.5 Å². The standard InChI is InChI=1S/C20H32N2O6/c1-7-12(22-10-14-16(18(22)24)28-20(5,6)26-14)8-11(2)21-9-13-15(17(21)23)27-19(3,4)25-13/h11-16H,7-10H2,1-6H3/t11?,12?,13-,14-,15-,16-/m1/s1. The van der Waals surface area contributed by atoms with Crippen molar-refractivity contribution in [3.05, 3.63) is 0 Å². The predicted octanol–water partition coefficient (Wildman–Crippen LogP) is 1.27. The van der Waals surface area contributed by atoms with Crippen molar-refractivity contribution in [2.24, 2.45) is 0 Å². The minimum absolute atomic E-state index is 0.00680. The van der Waals surface area contributed by atoms with E-state index in [-0.39, 0.29) is 36.1 Å². The molecule has 8 heteroatoms. The highest BCUT2D eigenvalue weighted by atomic mass is 16.8. The minimum atomic E-state index is -0.709. The molecule has 4 fully saturated rings. The van der Waals surface area contributed by atoms with Gasteiger partial charge in [-0.25, -0.2) is 0 Å². The molecule has 0 N–H and O–H groups in total. The number of carbonyl (C=O) groups excluding carboxylic acids is 2. The Morgan fingerprint density at radius 3 is 1.82 bits per heavy atom. The molecule has 0 saturated carbocycles. The summed E-state index contributed by atoms with van der Waals surface area (Å²) in [6.07, 6.45) is 0.0454. The molecular weight excluding hydrogens is 364 g/mol. The molecule has 2 unspecified atom stereocenters. The van der Waals surface area contributed by atoms with E-state index in [1.54, 1.807) is 0 Å². The van der Waals surface area contributed by atoms with Crippen LogP contribution in [0.3, 0.4) is 0 Å². The van der Waals surface area contributed by atoms with Gasteiger partial charge in [-0.3, -0.25) is 9.59 Å². The van der Waals surface area contributed by atoms with E-state index in [4.69, 9.17) is 18.9 Å². The quantitative estimate of drug-likeness (QED) is 0.697. The number of amides is 2. The molecule has 0 aliphatic carbocycles. The van der Waals surface area contributed by atoms with Crippen molar-refractivity contribution in [1.82, 2.24) is 9.80 Å². The molecule has 4 saturated heterocycles. The van der Waals surface area contributed by atoms with Crippen molar-refractivity contribution in [1.29, 1.82) is 0 Å². The summed E-state index contributed by atoms with van der Waals surface area (Å²) in [5, 5.41) is 0. The summed E-state index contributed by atoms with van der Waals surface area (Å²) in [6, 6.07) is 0.0276. The van der Waals surface area contributed by atoms with Crippen molar-refractivity contribution in [3.8, 4) is 0 Å². The van der Waals surface area contributed by atoms with E-state index >= 15 is 0 Å². The molecule has 4 heterocycles. The molecule has 6 atom stereocenters. The van der Waals surface area contributed by atoms with E-state index in [0.29, 0.717) is 19.5 Å². The number of hydrogen-bond donors (Lipinski definition) is 0. The Labute approximate surface area is 166 Å². The van der Waals surface area contributed by atoms with Crippen LogP contribution < -0.4 is 0 Å². The van der Waals surface area contributed by atoms with Crippen LogP contribution in [0.2, 0.25) is 0 Å². The van der Waals surface area contributed by atoms with Crippen LogP contribution in [0, 0.1) is 0 Å². The summed E-state index contributed by atoms with van der Waals surface area (Å²) in [5.74, 6) is -1.44. The van der Waals surface area contributed by atoms with Crippen LogP contribution in [0.4, 0.5) is 0 Å². The van der Waals surface area contributed by atoms with Crippen LogP contribution >= 0.6 is 0 Å². The van der Waals surface area contributed by atoms with Gasteiger partial charge in [0.05, 0.1) is 13.1 Å². The topological polar surface area (TPSA) is 77.5 Å². The Morgan fingerprint density at radius 1 is 0.893 bits per heavy atom. The number of hydrogen-bond acceptors (Lipinski definition) is 6. The van der Waals surface area contributed by atoms with Gasteiger partial charge in [0, 0.05) is 12.1 Å². The summed E-state index contributed by atoms with van der Waals surface area (Å²) < 4.78 is 23.3. The molecule has 4 rings (SSSR count). The van der Waals surface area contributed by atoms with Crippen LogP contribution in [-0.4, -0.2) is 82.8 Å². The van der Waals surface area contributed by atoms with Gasteiger partial charge in [-0.2, -0.15) is 0 Å². The Kier molecular flexibility index (Phi) is 4.77. The fraction of sp³-hybridized carbons (Fsp3) is 0.900. The fourth-order valence-corrected chi connectivity index (χ4v) is 5.01. The third-order valence-corrected chi connectivity index (χ3v) is 6.23. The van der Waals surface area contributed by atoms with Crippen molar-refractivity contribution in [2.45, 2.75) is 102 Å². The van der Waals surface area contributed by atoms with Gasteiger partial charge >= 0.3 is 0 Å². The SMILES string of the molecule is CCC(CC(C)N1C[C@H]2OC(C)(C)O[C@H]2C1=O)N1C[C@H]2OC(C)(C)O[C@H]2C1=O. The Morgan fingerprint density at radius 2 is 1.36 bits per heavy atom. The molecule has 0 aromatic heterocycles. The first-order valence-electron chi connectivity index (χ1n) is 10.3. The lowest BCUT2D eigenvalue weighted by atomic mass is 10.0. The van der Waals surface area contributed by atoms with Crippen molar-refractivity contribution in [2.75, 3.05) is 13.1 Å². The van der Waals surface area contributed by atoms with E-state index in [9.17, 15) is 9.59 Å². The molecule has 0 aromatic rings. The highest BCUT2D eigenvalue weighted by Gasteiger charge is 2.55. The summed E-state index contributed by atoms with van der Waals surface area (Å²) in [5.41, 5.74) is 0. The van der Waals surface area contributed by atoms with Gasteiger partial charge in [-0.05, 0) is 47.5 Å². The maximum absolute atomic E-state index is 12.9. The molecule has 0 radical (unpaired) electrons. The maximum Gasteiger partial charge on any atom is 0.254 e. The van der Waals surface area contributed by atoms with Crippen molar-refractivity contribution < 1.29 is 28.5 Å². The molecular formula is C20H32N2O6. The maximum atomic E-state index is 12.9. The normalized spacial score (nSPS) is 38.1. The number of rotatable bonds is 5. The molecule has 2 amide bonds. The summed E-state index contributed by atoms with van der Waals surface area (Å²) >= 11 is 0. The van der Waals surface area contributed by atoms with Gasteiger partial charge in [-0.15, -0.1) is 0 Å². The smallest absolute Gasteiger partial charge is 0.254 e. The van der Waals surface area contributed by atoms with Gasteiger partial charge in [0.2, 0.25) is 0 Å². The molecule has 8 nitrogen and oxygen atoms in total. The molecule has 0 spiro atoms. The number of likely N-dealkylation sites (tertiary alicyclic amines) is 2. The van der Waals surface area contributed by atoms with Gasteiger partial charge in [0.25, 0.3) is 11.8 Å². The van der Waals surface area contributed by atoms with E-state index in [2.05, 4.69) is 6.92 Å². The largest absolute Gasteiger partial charge is 0.342 e. The number of nitrogens with zero attached hydrogens (tertiary/aromatic N) is 2. The Balaban J connectivity index is 1.39. The van der Waals surface area contributed by atoms with Crippen LogP contribution in [0.15, 0.2) is 0 Å². The van der Waals surface area contributed by atoms with Gasteiger partial charge in [-0.1, -0.05) is 6.92 Å². The lowest BCUT2D eigenvalue weighted by Crippen LogP contribution is -2.46. The highest BCUT2D eigenvalue weighted by Crippen LogP contribution is 2.37. The van der Waals surface area contributed by atoms with Crippen molar-refractivity contribution >= 4 is 11.8 Å². The van der Waals surface area contributed by atoms with E-state index in [1.165, 1.54) is 0 Å². The van der Waals surface area contributed by atoms with E-state index in [1.807, 2.05) is 44.4 Å². The zero-order valence-electron chi connectivity index (χ0n) is 17.6. The zero-order valence-corrected chi connectivity index (χ0v) is 17.6. The van der Waals surface area contributed by atoms with Gasteiger partial charge < -0.3 is 28.7 Å². The highest BCUT2D eigenvalue weighted by molar-refractivity contribution is 5.85. The van der Waals surface area contributed by atoms with Crippen molar-refractivity contribution in [3.63, 3.8) is 0 Å². The minimum Gasteiger partial charge on any atom is -0.342 e. The lowest BCUT2D eigenvalue weighted by molar-refractivity contribution is -0.172. The summed E-state index contributed by atoms with van der Waals surface area (Å²) in [7, 11) is 0. The molecule has 0 aromatic carbocycles. The van der Waals surface area contributed by atoms with Gasteiger partial charge in [0.1, 0.15) is 12.2 Å².